The number of thiophene rings is 1. The fourth-order valence-corrected chi connectivity index (χ4v) is 4.22. The first kappa shape index (κ1) is 20.9. The Kier molecular flexibility index (Phi) is 6.90. The van der Waals surface area contributed by atoms with Gasteiger partial charge >= 0.3 is 0 Å². The summed E-state index contributed by atoms with van der Waals surface area (Å²) in [5, 5.41) is 23.2. The third kappa shape index (κ3) is 5.16. The van der Waals surface area contributed by atoms with Crippen LogP contribution in [0.15, 0.2) is 34.8 Å². The van der Waals surface area contributed by atoms with Crippen LogP contribution in [0.1, 0.15) is 29.4 Å². The first-order chi connectivity index (χ1) is 14.0. The van der Waals surface area contributed by atoms with Crippen LogP contribution in [0.25, 0.3) is 0 Å². The smallest absolute Gasteiger partial charge is 0.235 e. The summed E-state index contributed by atoms with van der Waals surface area (Å²) in [5.74, 6) is 1.53. The van der Waals surface area contributed by atoms with E-state index in [9.17, 15) is 4.79 Å². The van der Waals surface area contributed by atoms with E-state index < -0.39 is 0 Å². The zero-order chi connectivity index (χ0) is 20.8. The van der Waals surface area contributed by atoms with E-state index in [-0.39, 0.29) is 11.7 Å². The topological polar surface area (TPSA) is 92.8 Å². The minimum atomic E-state index is -0.187. The third-order valence-electron chi connectivity index (χ3n) is 4.18. The van der Waals surface area contributed by atoms with Crippen molar-refractivity contribution in [3.8, 4) is 11.8 Å². The number of benzene rings is 1. The van der Waals surface area contributed by atoms with Crippen molar-refractivity contribution in [2.24, 2.45) is 0 Å². The molecule has 0 saturated heterocycles. The van der Waals surface area contributed by atoms with Crippen molar-refractivity contribution in [3.05, 3.63) is 52.2 Å². The molecule has 0 unspecified atom stereocenters. The summed E-state index contributed by atoms with van der Waals surface area (Å²) < 4.78 is 7.88. The highest BCUT2D eigenvalue weighted by Crippen LogP contribution is 2.24. The summed E-state index contributed by atoms with van der Waals surface area (Å²) in [7, 11) is 0. The van der Waals surface area contributed by atoms with Crippen molar-refractivity contribution in [1.82, 2.24) is 14.8 Å². The molecule has 2 aromatic heterocycles. The number of hydrogen-bond acceptors (Lipinski definition) is 7. The molecule has 9 heteroatoms. The molecule has 3 aromatic rings. The van der Waals surface area contributed by atoms with Crippen molar-refractivity contribution >= 4 is 34.0 Å². The standard InChI is InChI=1S/C20H21N5O2S2/c1-4-25-17(11-27-16-9-13(2)5-6-14(16)3)23-24-20(25)29-12-18(26)22-19-15(10-21)7-8-28-19/h5-9H,4,11-12H2,1-3H3,(H,22,26). The lowest BCUT2D eigenvalue weighted by atomic mass is 10.1. The number of nitrogens with one attached hydrogen (secondary N) is 1. The Morgan fingerprint density at radius 3 is 2.93 bits per heavy atom. The number of hydrogen-bond donors (Lipinski definition) is 1. The highest BCUT2D eigenvalue weighted by molar-refractivity contribution is 7.99. The van der Waals surface area contributed by atoms with Gasteiger partial charge < -0.3 is 14.6 Å². The van der Waals surface area contributed by atoms with E-state index in [1.807, 2.05) is 43.5 Å². The van der Waals surface area contributed by atoms with Crippen LogP contribution >= 0.6 is 23.1 Å². The van der Waals surface area contributed by atoms with Crippen LogP contribution in [0, 0.1) is 25.2 Å². The Hall–Kier alpha value is -2.83. The molecule has 3 rings (SSSR count). The van der Waals surface area contributed by atoms with Gasteiger partial charge in [0.1, 0.15) is 23.4 Å². The van der Waals surface area contributed by atoms with E-state index in [0.29, 0.717) is 34.7 Å². The Balaban J connectivity index is 1.61. The molecular formula is C20H21N5O2S2. The van der Waals surface area contributed by atoms with E-state index in [0.717, 1.165) is 16.9 Å². The lowest BCUT2D eigenvalue weighted by molar-refractivity contribution is -0.113. The van der Waals surface area contributed by atoms with Gasteiger partial charge in [0, 0.05) is 6.54 Å². The lowest BCUT2D eigenvalue weighted by Gasteiger charge is -2.11. The Morgan fingerprint density at radius 2 is 2.17 bits per heavy atom. The Labute approximate surface area is 177 Å². The second kappa shape index (κ2) is 9.58. The van der Waals surface area contributed by atoms with Crippen molar-refractivity contribution < 1.29 is 9.53 Å². The van der Waals surface area contributed by atoms with Gasteiger partial charge in [-0.3, -0.25) is 4.79 Å². The predicted molar refractivity (Wildman–Crippen MR) is 114 cm³/mol. The summed E-state index contributed by atoms with van der Waals surface area (Å²) in [6, 6.07) is 9.82. The number of thioether (sulfide) groups is 1. The molecule has 1 N–H and O–H groups in total. The van der Waals surface area contributed by atoms with Gasteiger partial charge in [0.15, 0.2) is 11.0 Å². The number of rotatable bonds is 8. The summed E-state index contributed by atoms with van der Waals surface area (Å²) in [4.78, 5) is 12.2. The summed E-state index contributed by atoms with van der Waals surface area (Å²) >= 11 is 2.64. The number of anilines is 1. The SMILES string of the molecule is CCn1c(COc2cc(C)ccc2C)nnc1SCC(=O)Nc1sccc1C#N. The highest BCUT2D eigenvalue weighted by atomic mass is 32.2. The first-order valence-electron chi connectivity index (χ1n) is 9.04. The number of nitrogens with zero attached hydrogens (tertiary/aromatic N) is 4. The van der Waals surface area contributed by atoms with Gasteiger partial charge in [-0.15, -0.1) is 21.5 Å². The minimum Gasteiger partial charge on any atom is -0.485 e. The average molecular weight is 428 g/mol. The number of aryl methyl sites for hydroxylation is 2. The molecule has 29 heavy (non-hydrogen) atoms. The van der Waals surface area contributed by atoms with Gasteiger partial charge in [0.05, 0.1) is 11.3 Å². The fraction of sp³-hybridized carbons (Fsp3) is 0.300. The molecule has 0 aliphatic heterocycles. The van der Waals surface area contributed by atoms with E-state index in [4.69, 9.17) is 10.00 Å². The molecule has 2 heterocycles. The molecule has 0 radical (unpaired) electrons. The predicted octanol–water partition coefficient (Wildman–Crippen LogP) is 4.16. The van der Waals surface area contributed by atoms with Gasteiger partial charge in [-0.25, -0.2) is 0 Å². The molecular weight excluding hydrogens is 406 g/mol. The van der Waals surface area contributed by atoms with E-state index in [1.165, 1.54) is 23.1 Å². The van der Waals surface area contributed by atoms with Gasteiger partial charge in [-0.05, 0) is 49.4 Å². The van der Waals surface area contributed by atoms with Crippen LogP contribution in [-0.2, 0) is 17.9 Å². The fourth-order valence-electron chi connectivity index (χ4n) is 2.64. The zero-order valence-corrected chi connectivity index (χ0v) is 18.1. The Bertz CT molecular complexity index is 1050. The maximum Gasteiger partial charge on any atom is 0.235 e. The number of carbonyl (C=O) groups is 1. The molecule has 0 spiro atoms. The number of ether oxygens (including phenoxy) is 1. The normalized spacial score (nSPS) is 10.6. The van der Waals surface area contributed by atoms with E-state index in [2.05, 4.69) is 21.6 Å². The van der Waals surface area contributed by atoms with Crippen molar-refractivity contribution in [2.75, 3.05) is 11.1 Å². The molecule has 0 aliphatic carbocycles. The van der Waals surface area contributed by atoms with E-state index in [1.54, 1.807) is 11.4 Å². The Morgan fingerprint density at radius 1 is 1.34 bits per heavy atom. The van der Waals surface area contributed by atoms with Crippen molar-refractivity contribution in [3.63, 3.8) is 0 Å². The third-order valence-corrected chi connectivity index (χ3v) is 5.98. The maximum atomic E-state index is 12.2. The second-order valence-electron chi connectivity index (χ2n) is 6.31. The van der Waals surface area contributed by atoms with Crippen LogP contribution in [0.3, 0.4) is 0 Å². The number of nitriles is 1. The zero-order valence-electron chi connectivity index (χ0n) is 16.4. The van der Waals surface area contributed by atoms with Gasteiger partial charge in [-0.2, -0.15) is 5.26 Å². The quantitative estimate of drug-likeness (QED) is 0.543. The molecule has 7 nitrogen and oxygen atoms in total. The van der Waals surface area contributed by atoms with E-state index >= 15 is 0 Å². The van der Waals surface area contributed by atoms with Crippen LogP contribution in [0.4, 0.5) is 5.00 Å². The lowest BCUT2D eigenvalue weighted by Crippen LogP contribution is -2.14. The monoisotopic (exact) mass is 427 g/mol. The molecule has 0 fully saturated rings. The first-order valence-corrected chi connectivity index (χ1v) is 10.9. The summed E-state index contributed by atoms with van der Waals surface area (Å²) in [6.07, 6.45) is 0. The minimum absolute atomic E-state index is 0.179. The van der Waals surface area contributed by atoms with Gasteiger partial charge in [0.25, 0.3) is 0 Å². The molecule has 1 aromatic carbocycles. The van der Waals surface area contributed by atoms with Crippen LogP contribution in [0.5, 0.6) is 5.75 Å². The maximum absolute atomic E-state index is 12.2. The highest BCUT2D eigenvalue weighted by Gasteiger charge is 2.15. The molecule has 150 valence electrons. The molecule has 0 saturated carbocycles. The van der Waals surface area contributed by atoms with Crippen molar-refractivity contribution in [1.29, 1.82) is 5.26 Å². The van der Waals surface area contributed by atoms with Crippen LogP contribution < -0.4 is 10.1 Å². The summed E-state index contributed by atoms with van der Waals surface area (Å²) in [6.45, 7) is 7.01. The number of amides is 1. The average Bonchev–Trinajstić information content (AvgIpc) is 3.32. The van der Waals surface area contributed by atoms with Crippen LogP contribution in [-0.4, -0.2) is 26.4 Å². The van der Waals surface area contributed by atoms with Crippen molar-refractivity contribution in [2.45, 2.75) is 39.1 Å². The molecule has 0 aliphatic rings. The molecule has 0 bridgehead atoms. The van der Waals surface area contributed by atoms with Gasteiger partial charge in [0.2, 0.25) is 5.91 Å². The number of aromatic nitrogens is 3. The summed E-state index contributed by atoms with van der Waals surface area (Å²) in [5.41, 5.74) is 2.67. The largest absolute Gasteiger partial charge is 0.485 e. The number of carbonyl (C=O) groups excluding carboxylic acids is 1. The van der Waals surface area contributed by atoms with Gasteiger partial charge in [-0.1, -0.05) is 23.9 Å². The van der Waals surface area contributed by atoms with Crippen LogP contribution in [0.2, 0.25) is 0 Å². The molecule has 1 amide bonds. The second-order valence-corrected chi connectivity index (χ2v) is 8.17. The molecule has 0 atom stereocenters.